The molecule has 0 bridgehead atoms. The number of carboxylic acid groups (broad SMARTS) is 1. The Labute approximate surface area is 208 Å². The highest BCUT2D eigenvalue weighted by molar-refractivity contribution is 5.87. The summed E-state index contributed by atoms with van der Waals surface area (Å²) >= 11 is 0. The fourth-order valence-electron chi connectivity index (χ4n) is 8.92. The Hall–Kier alpha value is -1.92. The van der Waals surface area contributed by atoms with E-state index >= 15 is 0 Å². The molecule has 9 atom stereocenters. The lowest BCUT2D eigenvalue weighted by Crippen LogP contribution is -2.57. The number of carbonyl (C=O) groups excluding carboxylic acids is 3. The van der Waals surface area contributed by atoms with E-state index in [1.807, 2.05) is 0 Å². The molecule has 1 N–H and O–H groups in total. The van der Waals surface area contributed by atoms with Gasteiger partial charge in [-0.25, -0.2) is 0 Å². The van der Waals surface area contributed by atoms with Gasteiger partial charge in [0.25, 0.3) is 0 Å². The van der Waals surface area contributed by atoms with E-state index in [0.717, 1.165) is 44.9 Å². The Kier molecular flexibility index (Phi) is 7.36. The number of fused-ring (bicyclic) bond motifs is 5. The zero-order valence-corrected chi connectivity index (χ0v) is 21.7. The molecule has 0 aliphatic heterocycles. The Morgan fingerprint density at radius 2 is 1.77 bits per heavy atom. The summed E-state index contributed by atoms with van der Waals surface area (Å²) in [6.07, 6.45) is 7.36. The molecule has 7 heteroatoms. The molecule has 0 unspecified atom stereocenters. The molecule has 4 aliphatic rings. The molecule has 0 amide bonds. The molecule has 4 rings (SSSR count). The van der Waals surface area contributed by atoms with Crippen molar-refractivity contribution in [3.8, 4) is 0 Å². The van der Waals surface area contributed by atoms with Crippen molar-refractivity contribution in [1.82, 2.24) is 0 Å². The van der Waals surface area contributed by atoms with Gasteiger partial charge < -0.3 is 14.6 Å². The monoisotopic (exact) mass is 490 g/mol. The number of ketones is 1. The third kappa shape index (κ3) is 4.64. The Morgan fingerprint density at radius 3 is 2.46 bits per heavy atom. The van der Waals surface area contributed by atoms with Crippen molar-refractivity contribution in [2.45, 2.75) is 97.5 Å². The van der Waals surface area contributed by atoms with E-state index in [1.54, 1.807) is 0 Å². The van der Waals surface area contributed by atoms with E-state index in [2.05, 4.69) is 20.8 Å². The summed E-state index contributed by atoms with van der Waals surface area (Å²) in [7, 11) is 1.43. The zero-order chi connectivity index (χ0) is 25.5. The highest BCUT2D eigenvalue weighted by Crippen LogP contribution is 2.67. The van der Waals surface area contributed by atoms with Gasteiger partial charge in [0.15, 0.2) is 0 Å². The first-order chi connectivity index (χ1) is 16.5. The van der Waals surface area contributed by atoms with Crippen LogP contribution in [0.4, 0.5) is 0 Å². The average molecular weight is 491 g/mol. The summed E-state index contributed by atoms with van der Waals surface area (Å²) in [6.45, 7) is 6.65. The molecule has 0 aromatic heterocycles. The molecular formula is C28H42O7. The molecule has 4 aliphatic carbocycles. The van der Waals surface area contributed by atoms with Crippen molar-refractivity contribution in [3.05, 3.63) is 0 Å². The van der Waals surface area contributed by atoms with Crippen molar-refractivity contribution in [2.75, 3.05) is 7.11 Å². The summed E-state index contributed by atoms with van der Waals surface area (Å²) < 4.78 is 10.6. The highest BCUT2D eigenvalue weighted by atomic mass is 16.5. The first kappa shape index (κ1) is 26.2. The first-order valence-electron chi connectivity index (χ1n) is 13.5. The Morgan fingerprint density at radius 1 is 1.03 bits per heavy atom. The standard InChI is InChI=1S/C28H42O7/c1-16(13-26(33)34-4)20-7-8-21-19-6-5-17-14-18(35-25(32)10-9-24(30)31)11-12-27(17,2)22(19)15-23(29)28(20,21)3/h16-22H,5-15H2,1-4H3,(H,30,31)/t16-,17-,18+,19+,20-,21+,22+,27+,28-/m1/s1. The van der Waals surface area contributed by atoms with Crippen molar-refractivity contribution in [3.63, 3.8) is 0 Å². The number of methoxy groups -OCH3 is 1. The van der Waals surface area contributed by atoms with Crippen LogP contribution in [0.15, 0.2) is 0 Å². The molecule has 0 spiro atoms. The topological polar surface area (TPSA) is 107 Å². The third-order valence-corrected chi connectivity index (χ3v) is 10.8. The number of carboxylic acids is 1. The quantitative estimate of drug-likeness (QED) is 0.511. The molecule has 0 aromatic rings. The predicted molar refractivity (Wildman–Crippen MR) is 128 cm³/mol. The lowest BCUT2D eigenvalue weighted by atomic mass is 9.44. The van der Waals surface area contributed by atoms with Crippen LogP contribution in [0.2, 0.25) is 0 Å². The molecule has 0 radical (unpaired) electrons. The van der Waals surface area contributed by atoms with Gasteiger partial charge >= 0.3 is 17.9 Å². The second kappa shape index (κ2) is 9.85. The van der Waals surface area contributed by atoms with Gasteiger partial charge in [0.05, 0.1) is 20.0 Å². The van der Waals surface area contributed by atoms with Gasteiger partial charge in [-0.2, -0.15) is 0 Å². The van der Waals surface area contributed by atoms with E-state index in [1.165, 1.54) is 7.11 Å². The molecule has 7 nitrogen and oxygen atoms in total. The van der Waals surface area contributed by atoms with Gasteiger partial charge in [-0.05, 0) is 85.9 Å². The number of rotatable bonds is 7. The van der Waals surface area contributed by atoms with Crippen LogP contribution >= 0.6 is 0 Å². The molecule has 0 saturated heterocycles. The second-order valence-corrected chi connectivity index (χ2v) is 12.3. The van der Waals surface area contributed by atoms with Gasteiger partial charge in [0, 0.05) is 18.3 Å². The fraction of sp³-hybridized carbons (Fsp3) is 0.857. The molecule has 4 fully saturated rings. The van der Waals surface area contributed by atoms with Crippen LogP contribution in [0.3, 0.4) is 0 Å². The maximum atomic E-state index is 13.8. The summed E-state index contributed by atoms with van der Waals surface area (Å²) in [4.78, 5) is 48.6. The van der Waals surface area contributed by atoms with E-state index < -0.39 is 11.9 Å². The molecule has 4 saturated carbocycles. The minimum atomic E-state index is -0.987. The maximum absolute atomic E-state index is 13.8. The highest BCUT2D eigenvalue weighted by Gasteiger charge is 2.64. The molecule has 196 valence electrons. The molecule has 35 heavy (non-hydrogen) atoms. The van der Waals surface area contributed by atoms with E-state index in [-0.39, 0.29) is 47.6 Å². The van der Waals surface area contributed by atoms with Gasteiger partial charge in [0.2, 0.25) is 0 Å². The number of esters is 2. The van der Waals surface area contributed by atoms with Gasteiger partial charge in [-0.3, -0.25) is 19.2 Å². The summed E-state index contributed by atoms with van der Waals surface area (Å²) in [5.74, 6) is 0.837. The molecule has 0 heterocycles. The minimum absolute atomic E-state index is 0.0690. The summed E-state index contributed by atoms with van der Waals surface area (Å²) in [5, 5.41) is 8.81. The van der Waals surface area contributed by atoms with Crippen molar-refractivity contribution in [1.29, 1.82) is 0 Å². The molecule has 0 aromatic carbocycles. The number of carbonyl (C=O) groups is 4. The average Bonchev–Trinajstić information content (AvgIpc) is 3.17. The zero-order valence-electron chi connectivity index (χ0n) is 21.7. The first-order valence-corrected chi connectivity index (χ1v) is 13.5. The van der Waals surface area contributed by atoms with Gasteiger partial charge in [-0.15, -0.1) is 0 Å². The van der Waals surface area contributed by atoms with Crippen molar-refractivity contribution < 1.29 is 33.8 Å². The normalized spacial score (nSPS) is 41.2. The largest absolute Gasteiger partial charge is 0.481 e. The van der Waals surface area contributed by atoms with E-state index in [4.69, 9.17) is 14.6 Å². The molecular weight excluding hydrogens is 448 g/mol. The van der Waals surface area contributed by atoms with Gasteiger partial charge in [0.1, 0.15) is 11.9 Å². The summed E-state index contributed by atoms with van der Waals surface area (Å²) in [5.41, 5.74) is -0.283. The van der Waals surface area contributed by atoms with Crippen LogP contribution in [0.5, 0.6) is 0 Å². The lowest BCUT2D eigenvalue weighted by Gasteiger charge is -2.60. The van der Waals surface area contributed by atoms with Crippen LogP contribution in [0.1, 0.15) is 91.4 Å². The van der Waals surface area contributed by atoms with Crippen molar-refractivity contribution >= 4 is 23.7 Å². The van der Waals surface area contributed by atoms with Crippen LogP contribution in [-0.4, -0.2) is 42.0 Å². The minimum Gasteiger partial charge on any atom is -0.481 e. The Balaban J connectivity index is 1.45. The van der Waals surface area contributed by atoms with E-state index in [9.17, 15) is 19.2 Å². The lowest BCUT2D eigenvalue weighted by molar-refractivity contribution is -0.169. The van der Waals surface area contributed by atoms with Crippen LogP contribution in [0.25, 0.3) is 0 Å². The maximum Gasteiger partial charge on any atom is 0.306 e. The van der Waals surface area contributed by atoms with Crippen LogP contribution < -0.4 is 0 Å². The third-order valence-electron chi connectivity index (χ3n) is 10.8. The Bertz CT molecular complexity index is 867. The van der Waals surface area contributed by atoms with Crippen LogP contribution in [-0.2, 0) is 28.7 Å². The van der Waals surface area contributed by atoms with E-state index in [0.29, 0.717) is 42.3 Å². The summed E-state index contributed by atoms with van der Waals surface area (Å²) in [6, 6.07) is 0. The number of hydrogen-bond donors (Lipinski definition) is 1. The number of hydrogen-bond acceptors (Lipinski definition) is 6. The number of Topliss-reactive ketones (excluding diaryl/α,β-unsaturated/α-hetero) is 1. The van der Waals surface area contributed by atoms with Gasteiger partial charge in [-0.1, -0.05) is 20.8 Å². The number of ether oxygens (including phenoxy) is 2. The van der Waals surface area contributed by atoms with Crippen molar-refractivity contribution in [2.24, 2.45) is 46.3 Å². The predicted octanol–water partition coefficient (Wildman–Crippen LogP) is 4.80. The smallest absolute Gasteiger partial charge is 0.306 e. The van der Waals surface area contributed by atoms with Crippen LogP contribution in [0, 0.1) is 46.3 Å². The number of aliphatic carboxylic acids is 1. The second-order valence-electron chi connectivity index (χ2n) is 12.3. The fourth-order valence-corrected chi connectivity index (χ4v) is 8.92. The SMILES string of the molecule is COC(=O)C[C@@H](C)[C@H]1CC[C@H]2[C@@H]3CC[C@@H]4C[C@@H](OC(=O)CCC(=O)O)CC[C@]4(C)[C@H]3CC(=O)[C@]12C.